The van der Waals surface area contributed by atoms with Gasteiger partial charge in [0.25, 0.3) is 0 Å². The Morgan fingerprint density at radius 2 is 1.79 bits per heavy atom. The fourth-order valence-corrected chi connectivity index (χ4v) is 3.58. The largest absolute Gasteiger partial charge is 0.314 e. The maximum atomic E-state index is 11.8. The first-order chi connectivity index (χ1) is 9.16. The molecule has 2 fully saturated rings. The SMILES string of the molecule is O=S(=O)(CCCCNC1CC1)NCCN1CCCC1. The second-order valence-electron chi connectivity index (χ2n) is 5.70. The Morgan fingerprint density at radius 3 is 2.47 bits per heavy atom. The van der Waals surface area contributed by atoms with E-state index in [1.54, 1.807) is 0 Å². The zero-order valence-corrected chi connectivity index (χ0v) is 12.6. The molecule has 5 nitrogen and oxygen atoms in total. The molecule has 1 heterocycles. The minimum Gasteiger partial charge on any atom is -0.314 e. The lowest BCUT2D eigenvalue weighted by molar-refractivity contribution is 0.344. The van der Waals surface area contributed by atoms with Gasteiger partial charge in [-0.2, -0.15) is 0 Å². The van der Waals surface area contributed by atoms with Crippen molar-refractivity contribution in [3.05, 3.63) is 0 Å². The van der Waals surface area contributed by atoms with E-state index >= 15 is 0 Å². The van der Waals surface area contributed by atoms with E-state index in [9.17, 15) is 8.42 Å². The van der Waals surface area contributed by atoms with E-state index in [0.29, 0.717) is 6.54 Å². The molecule has 1 aliphatic heterocycles. The lowest BCUT2D eigenvalue weighted by atomic mass is 10.3. The number of sulfonamides is 1. The average molecular weight is 289 g/mol. The topological polar surface area (TPSA) is 61.4 Å². The summed E-state index contributed by atoms with van der Waals surface area (Å²) >= 11 is 0. The van der Waals surface area contributed by atoms with Gasteiger partial charge in [-0.3, -0.25) is 0 Å². The van der Waals surface area contributed by atoms with Gasteiger partial charge >= 0.3 is 0 Å². The molecular weight excluding hydrogens is 262 g/mol. The van der Waals surface area contributed by atoms with Gasteiger partial charge in [0, 0.05) is 19.1 Å². The molecule has 112 valence electrons. The van der Waals surface area contributed by atoms with Crippen molar-refractivity contribution in [3.63, 3.8) is 0 Å². The van der Waals surface area contributed by atoms with E-state index in [1.165, 1.54) is 25.7 Å². The highest BCUT2D eigenvalue weighted by Gasteiger charge is 2.19. The molecule has 0 aromatic carbocycles. The van der Waals surface area contributed by atoms with E-state index in [0.717, 1.165) is 45.1 Å². The third-order valence-electron chi connectivity index (χ3n) is 3.80. The Balaban J connectivity index is 1.48. The van der Waals surface area contributed by atoms with Gasteiger partial charge in [-0.05, 0) is 58.2 Å². The van der Waals surface area contributed by atoms with Crippen molar-refractivity contribution in [2.75, 3.05) is 38.5 Å². The predicted molar refractivity (Wildman–Crippen MR) is 77.7 cm³/mol. The molecule has 0 aromatic heterocycles. The molecule has 2 aliphatic rings. The molecule has 0 amide bonds. The van der Waals surface area contributed by atoms with Crippen LogP contribution in [0.25, 0.3) is 0 Å². The third kappa shape index (κ3) is 6.70. The summed E-state index contributed by atoms with van der Waals surface area (Å²) in [6.45, 7) is 4.60. The number of likely N-dealkylation sites (tertiary alicyclic amines) is 1. The van der Waals surface area contributed by atoms with Crippen LogP contribution in [0.5, 0.6) is 0 Å². The average Bonchev–Trinajstić information content (AvgIpc) is 3.04. The molecule has 19 heavy (non-hydrogen) atoms. The molecular formula is C13H27N3O2S. The Hall–Kier alpha value is -0.170. The first-order valence-electron chi connectivity index (χ1n) is 7.59. The van der Waals surface area contributed by atoms with Crippen LogP contribution < -0.4 is 10.0 Å². The Bertz CT molecular complexity index is 349. The summed E-state index contributed by atoms with van der Waals surface area (Å²) in [5.41, 5.74) is 0. The summed E-state index contributed by atoms with van der Waals surface area (Å²) in [5.74, 6) is 0.263. The molecule has 1 aliphatic carbocycles. The second-order valence-corrected chi connectivity index (χ2v) is 7.62. The standard InChI is InChI=1S/C13H27N3O2S/c17-19(18,12-4-1-7-14-13-5-6-13)15-8-11-16-9-2-3-10-16/h13-15H,1-12H2. The lowest BCUT2D eigenvalue weighted by Gasteiger charge is -2.14. The van der Waals surface area contributed by atoms with Gasteiger partial charge in [0.15, 0.2) is 0 Å². The van der Waals surface area contributed by atoms with Crippen molar-refractivity contribution < 1.29 is 8.42 Å². The Kier molecular flexibility index (Phi) is 6.06. The third-order valence-corrected chi connectivity index (χ3v) is 5.27. The summed E-state index contributed by atoms with van der Waals surface area (Å²) in [7, 11) is -3.06. The monoisotopic (exact) mass is 289 g/mol. The van der Waals surface area contributed by atoms with Gasteiger partial charge in [0.2, 0.25) is 10.0 Å². The van der Waals surface area contributed by atoms with Crippen LogP contribution in [0.2, 0.25) is 0 Å². The van der Waals surface area contributed by atoms with E-state index in [2.05, 4.69) is 14.9 Å². The predicted octanol–water partition coefficient (Wildman–Crippen LogP) is 0.534. The number of nitrogens with one attached hydrogen (secondary N) is 2. The zero-order valence-electron chi connectivity index (χ0n) is 11.7. The number of nitrogens with zero attached hydrogens (tertiary/aromatic N) is 1. The lowest BCUT2D eigenvalue weighted by Crippen LogP contribution is -2.34. The first-order valence-corrected chi connectivity index (χ1v) is 9.24. The summed E-state index contributed by atoms with van der Waals surface area (Å²) < 4.78 is 26.2. The van der Waals surface area contributed by atoms with E-state index in [4.69, 9.17) is 0 Å². The van der Waals surface area contributed by atoms with Crippen molar-refractivity contribution in [2.24, 2.45) is 0 Å². The minimum atomic E-state index is -3.06. The molecule has 0 aromatic rings. The number of unbranched alkanes of at least 4 members (excludes halogenated alkanes) is 1. The van der Waals surface area contributed by atoms with Crippen LogP contribution in [0.4, 0.5) is 0 Å². The summed E-state index contributed by atoms with van der Waals surface area (Å²) in [6, 6.07) is 0.718. The molecule has 6 heteroatoms. The second kappa shape index (κ2) is 7.57. The molecule has 1 saturated carbocycles. The maximum Gasteiger partial charge on any atom is 0.211 e. The normalized spacial score (nSPS) is 21.1. The van der Waals surface area contributed by atoms with Crippen molar-refractivity contribution in [3.8, 4) is 0 Å². The van der Waals surface area contributed by atoms with E-state index in [1.807, 2.05) is 0 Å². The van der Waals surface area contributed by atoms with Gasteiger partial charge in [0.05, 0.1) is 5.75 Å². The van der Waals surface area contributed by atoms with Crippen LogP contribution in [0.15, 0.2) is 0 Å². The van der Waals surface area contributed by atoms with Crippen LogP contribution in [0, 0.1) is 0 Å². The fourth-order valence-electron chi connectivity index (χ4n) is 2.45. The highest BCUT2D eigenvalue weighted by Crippen LogP contribution is 2.18. The van der Waals surface area contributed by atoms with Crippen LogP contribution in [-0.4, -0.2) is 57.8 Å². The highest BCUT2D eigenvalue weighted by molar-refractivity contribution is 7.89. The number of rotatable bonds is 10. The molecule has 2 N–H and O–H groups in total. The van der Waals surface area contributed by atoms with Gasteiger partial charge in [-0.25, -0.2) is 13.1 Å². The highest BCUT2D eigenvalue weighted by atomic mass is 32.2. The Labute approximate surface area is 117 Å². The smallest absolute Gasteiger partial charge is 0.211 e. The van der Waals surface area contributed by atoms with Gasteiger partial charge in [-0.15, -0.1) is 0 Å². The number of hydrogen-bond acceptors (Lipinski definition) is 4. The van der Waals surface area contributed by atoms with Gasteiger partial charge in [0.1, 0.15) is 0 Å². The summed E-state index contributed by atoms with van der Waals surface area (Å²) in [4.78, 5) is 2.32. The van der Waals surface area contributed by atoms with Gasteiger partial charge < -0.3 is 10.2 Å². The van der Waals surface area contributed by atoms with E-state index < -0.39 is 10.0 Å². The van der Waals surface area contributed by atoms with Crippen molar-refractivity contribution in [1.29, 1.82) is 0 Å². The van der Waals surface area contributed by atoms with Gasteiger partial charge in [-0.1, -0.05) is 0 Å². The number of hydrogen-bond donors (Lipinski definition) is 2. The van der Waals surface area contributed by atoms with Crippen LogP contribution in [-0.2, 0) is 10.0 Å². The molecule has 0 bridgehead atoms. The molecule has 0 atom stereocenters. The van der Waals surface area contributed by atoms with Crippen molar-refractivity contribution >= 4 is 10.0 Å². The quantitative estimate of drug-likeness (QED) is 0.576. The first kappa shape index (κ1) is 15.2. The molecule has 2 rings (SSSR count). The minimum absolute atomic E-state index is 0.263. The van der Waals surface area contributed by atoms with Crippen molar-refractivity contribution in [2.45, 2.75) is 44.6 Å². The molecule has 1 saturated heterocycles. The molecule has 0 radical (unpaired) electrons. The zero-order chi connectivity index (χ0) is 13.6. The summed E-state index contributed by atoms with van der Waals surface area (Å²) in [5, 5.41) is 3.40. The van der Waals surface area contributed by atoms with Crippen molar-refractivity contribution in [1.82, 2.24) is 14.9 Å². The maximum absolute atomic E-state index is 11.8. The summed E-state index contributed by atoms with van der Waals surface area (Å²) in [6.07, 6.45) is 6.77. The molecule has 0 unspecified atom stereocenters. The fraction of sp³-hybridized carbons (Fsp3) is 1.00. The van der Waals surface area contributed by atoms with Crippen LogP contribution >= 0.6 is 0 Å². The van der Waals surface area contributed by atoms with E-state index in [-0.39, 0.29) is 5.75 Å². The van der Waals surface area contributed by atoms with Crippen LogP contribution in [0.3, 0.4) is 0 Å². The Morgan fingerprint density at radius 1 is 1.05 bits per heavy atom. The molecule has 0 spiro atoms. The van der Waals surface area contributed by atoms with Crippen LogP contribution in [0.1, 0.15) is 38.5 Å².